The number of benzene rings is 1. The number of methoxy groups -OCH3 is 1. The van der Waals surface area contributed by atoms with Gasteiger partial charge in [-0.3, -0.25) is 4.79 Å². The van der Waals surface area contributed by atoms with Crippen molar-refractivity contribution in [3.8, 4) is 5.75 Å². The molecule has 2 heterocycles. The van der Waals surface area contributed by atoms with Crippen molar-refractivity contribution < 1.29 is 14.4 Å². The predicted octanol–water partition coefficient (Wildman–Crippen LogP) is 2.57. The van der Waals surface area contributed by atoms with Crippen molar-refractivity contribution in [2.75, 3.05) is 20.2 Å². The molecule has 0 aromatic heterocycles. The molecule has 1 unspecified atom stereocenters. The number of para-hydroxylation sites is 1. The fraction of sp³-hybridized carbons (Fsp3) is 0.529. The van der Waals surface area contributed by atoms with Crippen LogP contribution in [0.2, 0.25) is 0 Å². The highest BCUT2D eigenvalue weighted by molar-refractivity contribution is 5.91. The molecule has 1 aromatic carbocycles. The summed E-state index contributed by atoms with van der Waals surface area (Å²) < 4.78 is 5.45. The molecule has 118 valence electrons. The number of hydrogen-bond donors (Lipinski definition) is 0. The number of amides is 1. The Balaban J connectivity index is 1.59. The minimum atomic E-state index is -0.414. The molecule has 0 bridgehead atoms. The van der Waals surface area contributed by atoms with Crippen LogP contribution in [0.1, 0.15) is 37.7 Å². The first kappa shape index (κ1) is 14.9. The van der Waals surface area contributed by atoms with Gasteiger partial charge in [-0.25, -0.2) is 0 Å². The molecule has 1 atom stereocenters. The van der Waals surface area contributed by atoms with Crippen LogP contribution in [0, 0.1) is 0 Å². The Kier molecular flexibility index (Phi) is 4.32. The molecule has 22 heavy (non-hydrogen) atoms. The second-order valence-electron chi connectivity index (χ2n) is 5.97. The number of carbonyl (C=O) groups excluding carboxylic acids is 1. The highest BCUT2D eigenvalue weighted by atomic mass is 16.6. The Hall–Kier alpha value is -2.04. The van der Waals surface area contributed by atoms with Gasteiger partial charge in [-0.15, -0.1) is 0 Å². The fourth-order valence-corrected chi connectivity index (χ4v) is 3.25. The van der Waals surface area contributed by atoms with Crippen molar-refractivity contribution in [2.24, 2.45) is 5.16 Å². The SMILES string of the molecule is COc1ccccc1C1CCN(C(=O)C2CC(C)=NO2)CC1. The molecule has 3 rings (SSSR count). The Morgan fingerprint density at radius 2 is 2.05 bits per heavy atom. The van der Waals surface area contributed by atoms with E-state index in [9.17, 15) is 4.79 Å². The molecule has 0 saturated carbocycles. The van der Waals surface area contributed by atoms with Gasteiger partial charge in [0.25, 0.3) is 5.91 Å². The van der Waals surface area contributed by atoms with Crippen molar-refractivity contribution in [1.82, 2.24) is 4.90 Å². The van der Waals surface area contributed by atoms with Crippen LogP contribution in [0.3, 0.4) is 0 Å². The summed E-state index contributed by atoms with van der Waals surface area (Å²) in [6.45, 7) is 3.42. The summed E-state index contributed by atoms with van der Waals surface area (Å²) in [5.74, 6) is 1.46. The van der Waals surface area contributed by atoms with E-state index in [1.54, 1.807) is 7.11 Å². The molecule has 0 aliphatic carbocycles. The smallest absolute Gasteiger partial charge is 0.266 e. The normalized spacial score (nSPS) is 22.2. The van der Waals surface area contributed by atoms with E-state index in [1.807, 2.05) is 30.0 Å². The van der Waals surface area contributed by atoms with E-state index in [0.717, 1.165) is 37.4 Å². The zero-order valence-electron chi connectivity index (χ0n) is 13.1. The zero-order valence-corrected chi connectivity index (χ0v) is 13.1. The van der Waals surface area contributed by atoms with Gasteiger partial charge in [0, 0.05) is 19.5 Å². The molecular formula is C17H22N2O3. The first-order chi connectivity index (χ1) is 10.7. The lowest BCUT2D eigenvalue weighted by Crippen LogP contribution is -2.43. The molecule has 2 aliphatic heterocycles. The van der Waals surface area contributed by atoms with Crippen LogP contribution < -0.4 is 4.74 Å². The quantitative estimate of drug-likeness (QED) is 0.862. The van der Waals surface area contributed by atoms with E-state index >= 15 is 0 Å². The van der Waals surface area contributed by atoms with Crippen LogP contribution in [-0.2, 0) is 9.63 Å². The van der Waals surface area contributed by atoms with Crippen LogP contribution in [-0.4, -0.2) is 42.8 Å². The molecular weight excluding hydrogens is 280 g/mol. The second-order valence-corrected chi connectivity index (χ2v) is 5.97. The van der Waals surface area contributed by atoms with Gasteiger partial charge < -0.3 is 14.5 Å². The van der Waals surface area contributed by atoms with Gasteiger partial charge in [0.05, 0.1) is 12.8 Å². The summed E-state index contributed by atoms with van der Waals surface area (Å²) >= 11 is 0. The van der Waals surface area contributed by atoms with E-state index in [2.05, 4.69) is 11.2 Å². The number of ether oxygens (including phenoxy) is 1. The minimum absolute atomic E-state index is 0.0686. The third kappa shape index (κ3) is 2.93. The largest absolute Gasteiger partial charge is 0.496 e. The molecule has 1 aromatic rings. The summed E-state index contributed by atoms with van der Waals surface area (Å²) in [4.78, 5) is 19.5. The Bertz CT molecular complexity index is 577. The molecule has 2 aliphatic rings. The lowest BCUT2D eigenvalue weighted by molar-refractivity contribution is -0.143. The third-order valence-corrected chi connectivity index (χ3v) is 4.48. The molecule has 5 nitrogen and oxygen atoms in total. The highest BCUT2D eigenvalue weighted by Gasteiger charge is 2.33. The van der Waals surface area contributed by atoms with Crippen molar-refractivity contribution in [3.05, 3.63) is 29.8 Å². The van der Waals surface area contributed by atoms with Crippen molar-refractivity contribution in [1.29, 1.82) is 0 Å². The van der Waals surface area contributed by atoms with Crippen LogP contribution in [0.15, 0.2) is 29.4 Å². The van der Waals surface area contributed by atoms with Crippen molar-refractivity contribution >= 4 is 11.6 Å². The maximum absolute atomic E-state index is 12.4. The molecule has 0 radical (unpaired) electrons. The maximum Gasteiger partial charge on any atom is 0.266 e. The van der Waals surface area contributed by atoms with Crippen LogP contribution >= 0.6 is 0 Å². The Morgan fingerprint density at radius 3 is 2.68 bits per heavy atom. The Labute approximate surface area is 130 Å². The van der Waals surface area contributed by atoms with E-state index in [4.69, 9.17) is 9.57 Å². The highest BCUT2D eigenvalue weighted by Crippen LogP contribution is 2.34. The van der Waals surface area contributed by atoms with E-state index in [-0.39, 0.29) is 5.91 Å². The first-order valence-electron chi connectivity index (χ1n) is 7.80. The molecule has 1 saturated heterocycles. The average Bonchev–Trinajstić information content (AvgIpc) is 3.01. The monoisotopic (exact) mass is 302 g/mol. The van der Waals surface area contributed by atoms with Crippen LogP contribution in [0.4, 0.5) is 0 Å². The molecule has 1 fully saturated rings. The van der Waals surface area contributed by atoms with Gasteiger partial charge in [0.1, 0.15) is 5.75 Å². The molecule has 1 amide bonds. The van der Waals surface area contributed by atoms with Gasteiger partial charge >= 0.3 is 0 Å². The standard InChI is InChI=1S/C17H22N2O3/c1-12-11-16(22-18-12)17(20)19-9-7-13(8-10-19)14-5-3-4-6-15(14)21-2/h3-6,13,16H,7-11H2,1-2H3. The average molecular weight is 302 g/mol. The number of hydrogen-bond acceptors (Lipinski definition) is 4. The maximum atomic E-state index is 12.4. The van der Waals surface area contributed by atoms with E-state index < -0.39 is 6.10 Å². The third-order valence-electron chi connectivity index (χ3n) is 4.48. The lowest BCUT2D eigenvalue weighted by Gasteiger charge is -2.33. The summed E-state index contributed by atoms with van der Waals surface area (Å²) in [6.07, 6.45) is 2.12. The number of nitrogens with zero attached hydrogens (tertiary/aromatic N) is 2. The Morgan fingerprint density at radius 1 is 1.32 bits per heavy atom. The number of oxime groups is 1. The topological polar surface area (TPSA) is 51.1 Å². The summed E-state index contributed by atoms with van der Waals surface area (Å²) in [6, 6.07) is 8.15. The fourth-order valence-electron chi connectivity index (χ4n) is 3.25. The number of carbonyl (C=O) groups is 1. The van der Waals surface area contributed by atoms with Gasteiger partial charge in [-0.05, 0) is 37.3 Å². The first-order valence-corrected chi connectivity index (χ1v) is 7.80. The van der Waals surface area contributed by atoms with Gasteiger partial charge in [0.15, 0.2) is 0 Å². The number of rotatable bonds is 3. The van der Waals surface area contributed by atoms with Crippen LogP contribution in [0.25, 0.3) is 0 Å². The van der Waals surface area contributed by atoms with E-state index in [1.165, 1.54) is 5.56 Å². The number of piperidine rings is 1. The predicted molar refractivity (Wildman–Crippen MR) is 84.1 cm³/mol. The van der Waals surface area contributed by atoms with Gasteiger partial charge in [-0.2, -0.15) is 0 Å². The van der Waals surface area contributed by atoms with Gasteiger partial charge in [0.2, 0.25) is 6.10 Å². The molecule has 0 N–H and O–H groups in total. The second kappa shape index (κ2) is 6.38. The van der Waals surface area contributed by atoms with Gasteiger partial charge in [-0.1, -0.05) is 23.4 Å². The summed E-state index contributed by atoms with van der Waals surface area (Å²) in [5, 5.41) is 3.87. The molecule has 5 heteroatoms. The van der Waals surface area contributed by atoms with Crippen molar-refractivity contribution in [3.63, 3.8) is 0 Å². The van der Waals surface area contributed by atoms with Crippen molar-refractivity contribution in [2.45, 2.75) is 38.2 Å². The van der Waals surface area contributed by atoms with Crippen LogP contribution in [0.5, 0.6) is 5.75 Å². The molecule has 0 spiro atoms. The summed E-state index contributed by atoms with van der Waals surface area (Å²) in [7, 11) is 1.71. The minimum Gasteiger partial charge on any atom is -0.496 e. The summed E-state index contributed by atoms with van der Waals surface area (Å²) in [5.41, 5.74) is 2.13. The number of likely N-dealkylation sites (tertiary alicyclic amines) is 1. The lowest BCUT2D eigenvalue weighted by atomic mass is 9.88. The van der Waals surface area contributed by atoms with E-state index in [0.29, 0.717) is 12.3 Å². The zero-order chi connectivity index (χ0) is 15.5.